The first kappa shape index (κ1) is 17.1. The lowest BCUT2D eigenvalue weighted by Crippen LogP contribution is -2.35. The van der Waals surface area contributed by atoms with Crippen molar-refractivity contribution in [3.05, 3.63) is 17.7 Å². The maximum Gasteiger partial charge on any atom is 0.256 e. The van der Waals surface area contributed by atoms with Crippen molar-refractivity contribution in [2.75, 3.05) is 33.0 Å². The second-order valence-electron chi connectivity index (χ2n) is 5.15. The summed E-state index contributed by atoms with van der Waals surface area (Å²) < 4.78 is 10.4. The molecule has 1 atom stereocenters. The maximum absolute atomic E-state index is 12.7. The Hall–Kier alpha value is -1.91. The second kappa shape index (κ2) is 7.76. The normalized spacial score (nSPS) is 11.9. The number of ether oxygens (including phenoxy) is 2. The molecule has 1 aromatic carbocycles. The summed E-state index contributed by atoms with van der Waals surface area (Å²) in [4.78, 5) is 14.5. The lowest BCUT2D eigenvalue weighted by atomic mass is 10.1. The van der Waals surface area contributed by atoms with Crippen LogP contribution >= 0.6 is 0 Å². The first-order valence-electron chi connectivity index (χ1n) is 7.29. The average molecular weight is 294 g/mol. The molecule has 0 radical (unpaired) electrons. The number of nitrogens with zero attached hydrogens (tertiary/aromatic N) is 1. The summed E-state index contributed by atoms with van der Waals surface area (Å²) in [6.07, 6.45) is 1.03. The minimum atomic E-state index is -0.0729. The summed E-state index contributed by atoms with van der Waals surface area (Å²) in [6, 6.07) is 3.28. The lowest BCUT2D eigenvalue weighted by molar-refractivity contribution is 0.0741. The van der Waals surface area contributed by atoms with Gasteiger partial charge >= 0.3 is 0 Å². The highest BCUT2D eigenvalue weighted by Gasteiger charge is 2.21. The summed E-state index contributed by atoms with van der Waals surface area (Å²) >= 11 is 0. The van der Waals surface area contributed by atoms with Crippen LogP contribution in [0.25, 0.3) is 0 Å². The summed E-state index contributed by atoms with van der Waals surface area (Å²) in [6.45, 7) is 7.59. The van der Waals surface area contributed by atoms with Crippen LogP contribution < -0.4 is 15.2 Å². The fraction of sp³-hybridized carbons (Fsp3) is 0.562. The van der Waals surface area contributed by atoms with E-state index in [-0.39, 0.29) is 5.91 Å². The molecular weight excluding hydrogens is 268 g/mol. The third-order valence-electron chi connectivity index (χ3n) is 3.68. The van der Waals surface area contributed by atoms with Gasteiger partial charge in [-0.05, 0) is 18.9 Å². The van der Waals surface area contributed by atoms with Crippen LogP contribution in [0.2, 0.25) is 0 Å². The van der Waals surface area contributed by atoms with Crippen molar-refractivity contribution in [1.82, 2.24) is 4.90 Å². The van der Waals surface area contributed by atoms with Crippen molar-refractivity contribution in [1.29, 1.82) is 0 Å². The zero-order chi connectivity index (χ0) is 16.0. The van der Waals surface area contributed by atoms with E-state index in [9.17, 15) is 4.79 Å². The molecule has 1 rings (SSSR count). The second-order valence-corrected chi connectivity index (χ2v) is 5.15. The van der Waals surface area contributed by atoms with Crippen LogP contribution in [0.3, 0.4) is 0 Å². The quantitative estimate of drug-likeness (QED) is 0.785. The number of hydrogen-bond donors (Lipinski definition) is 1. The van der Waals surface area contributed by atoms with Crippen molar-refractivity contribution in [2.45, 2.75) is 27.2 Å². The minimum absolute atomic E-state index is 0.0729. The number of nitrogens with two attached hydrogens (primary N) is 1. The Labute approximate surface area is 127 Å². The lowest BCUT2D eigenvalue weighted by Gasteiger charge is -2.25. The van der Waals surface area contributed by atoms with Gasteiger partial charge in [0.1, 0.15) is 0 Å². The van der Waals surface area contributed by atoms with Crippen LogP contribution in [0.1, 0.15) is 37.6 Å². The van der Waals surface area contributed by atoms with Crippen molar-refractivity contribution in [3.8, 4) is 11.5 Å². The molecule has 0 fully saturated rings. The summed E-state index contributed by atoms with van der Waals surface area (Å²) in [5.41, 5.74) is 6.85. The zero-order valence-electron chi connectivity index (χ0n) is 13.6. The number of anilines is 1. The molecule has 0 aliphatic rings. The largest absolute Gasteiger partial charge is 0.493 e. The first-order chi connectivity index (χ1) is 9.98. The van der Waals surface area contributed by atoms with Gasteiger partial charge in [0.05, 0.1) is 19.8 Å². The number of rotatable bonds is 7. The molecule has 0 spiro atoms. The molecule has 118 valence electrons. The Morgan fingerprint density at radius 3 is 2.29 bits per heavy atom. The summed E-state index contributed by atoms with van der Waals surface area (Å²) in [7, 11) is 3.08. The van der Waals surface area contributed by atoms with E-state index in [1.807, 2.05) is 11.8 Å². The van der Waals surface area contributed by atoms with Crippen LogP contribution in [-0.4, -0.2) is 38.1 Å². The molecular formula is C16H26N2O3. The van der Waals surface area contributed by atoms with Crippen molar-refractivity contribution in [3.63, 3.8) is 0 Å². The first-order valence-corrected chi connectivity index (χ1v) is 7.29. The third kappa shape index (κ3) is 4.03. The van der Waals surface area contributed by atoms with Gasteiger partial charge in [0.2, 0.25) is 0 Å². The summed E-state index contributed by atoms with van der Waals surface area (Å²) in [5.74, 6) is 1.41. The predicted molar refractivity (Wildman–Crippen MR) is 85.0 cm³/mol. The minimum Gasteiger partial charge on any atom is -0.493 e. The number of carbonyl (C=O) groups excluding carboxylic acids is 1. The Morgan fingerprint density at radius 1 is 1.24 bits per heavy atom. The molecule has 21 heavy (non-hydrogen) atoms. The van der Waals surface area contributed by atoms with Crippen molar-refractivity contribution >= 4 is 11.6 Å². The molecule has 0 saturated carbocycles. The SMILES string of the molecule is CCC(C)CN(CC)C(=O)c1cc(OC)c(OC)cc1N. The molecule has 0 heterocycles. The Morgan fingerprint density at radius 2 is 1.81 bits per heavy atom. The van der Waals surface area contributed by atoms with Crippen LogP contribution in [0, 0.1) is 5.92 Å². The summed E-state index contributed by atoms with van der Waals surface area (Å²) in [5, 5.41) is 0. The topological polar surface area (TPSA) is 64.8 Å². The van der Waals surface area contributed by atoms with E-state index in [0.717, 1.165) is 13.0 Å². The number of amides is 1. The predicted octanol–water partition coefficient (Wildman–Crippen LogP) is 2.79. The molecule has 2 N–H and O–H groups in total. The Kier molecular flexibility index (Phi) is 6.34. The van der Waals surface area contributed by atoms with Gasteiger partial charge in [-0.1, -0.05) is 20.3 Å². The number of hydrogen-bond acceptors (Lipinski definition) is 4. The van der Waals surface area contributed by atoms with Crippen LogP contribution in [0.4, 0.5) is 5.69 Å². The maximum atomic E-state index is 12.7. The zero-order valence-corrected chi connectivity index (χ0v) is 13.6. The molecule has 0 aliphatic heterocycles. The van der Waals surface area contributed by atoms with Gasteiger partial charge in [-0.3, -0.25) is 4.79 Å². The van der Waals surface area contributed by atoms with Crippen LogP contribution in [-0.2, 0) is 0 Å². The molecule has 5 nitrogen and oxygen atoms in total. The van der Waals surface area contributed by atoms with E-state index in [0.29, 0.717) is 35.2 Å². The standard InChI is InChI=1S/C16H26N2O3/c1-6-11(3)10-18(7-2)16(19)12-8-14(20-4)15(21-5)9-13(12)17/h8-9,11H,6-7,10,17H2,1-5H3. The molecule has 1 aromatic rings. The van der Waals surface area contributed by atoms with Crippen LogP contribution in [0.5, 0.6) is 11.5 Å². The highest BCUT2D eigenvalue weighted by atomic mass is 16.5. The fourth-order valence-corrected chi connectivity index (χ4v) is 2.11. The molecule has 5 heteroatoms. The van der Waals surface area contributed by atoms with E-state index < -0.39 is 0 Å². The molecule has 0 saturated heterocycles. The molecule has 0 aromatic heterocycles. The van der Waals surface area contributed by atoms with Gasteiger partial charge < -0.3 is 20.1 Å². The molecule has 0 bridgehead atoms. The molecule has 0 aliphatic carbocycles. The van der Waals surface area contributed by atoms with E-state index in [4.69, 9.17) is 15.2 Å². The smallest absolute Gasteiger partial charge is 0.256 e. The van der Waals surface area contributed by atoms with E-state index in [1.165, 1.54) is 0 Å². The van der Waals surface area contributed by atoms with Gasteiger partial charge in [0.25, 0.3) is 5.91 Å². The number of nitrogen functional groups attached to an aromatic ring is 1. The Bertz CT molecular complexity index is 489. The number of carbonyl (C=O) groups is 1. The fourth-order valence-electron chi connectivity index (χ4n) is 2.11. The number of methoxy groups -OCH3 is 2. The van der Waals surface area contributed by atoms with E-state index in [1.54, 1.807) is 26.4 Å². The third-order valence-corrected chi connectivity index (χ3v) is 3.68. The van der Waals surface area contributed by atoms with Gasteiger partial charge in [-0.2, -0.15) is 0 Å². The highest BCUT2D eigenvalue weighted by Crippen LogP contribution is 2.32. The van der Waals surface area contributed by atoms with E-state index in [2.05, 4.69) is 13.8 Å². The Balaban J connectivity index is 3.10. The molecule has 1 amide bonds. The van der Waals surface area contributed by atoms with Gasteiger partial charge in [0.15, 0.2) is 11.5 Å². The number of benzene rings is 1. The van der Waals surface area contributed by atoms with Crippen LogP contribution in [0.15, 0.2) is 12.1 Å². The molecule has 1 unspecified atom stereocenters. The van der Waals surface area contributed by atoms with E-state index >= 15 is 0 Å². The van der Waals surface area contributed by atoms with Crippen molar-refractivity contribution < 1.29 is 14.3 Å². The van der Waals surface area contributed by atoms with Gasteiger partial charge in [-0.25, -0.2) is 0 Å². The highest BCUT2D eigenvalue weighted by molar-refractivity contribution is 6.00. The van der Waals surface area contributed by atoms with Gasteiger partial charge in [-0.15, -0.1) is 0 Å². The average Bonchev–Trinajstić information content (AvgIpc) is 2.51. The van der Waals surface area contributed by atoms with Crippen molar-refractivity contribution in [2.24, 2.45) is 5.92 Å². The monoisotopic (exact) mass is 294 g/mol. The van der Waals surface area contributed by atoms with Gasteiger partial charge in [0, 0.05) is 24.8 Å².